The van der Waals surface area contributed by atoms with E-state index in [0.717, 1.165) is 5.57 Å². The van der Waals surface area contributed by atoms with Gasteiger partial charge >= 0.3 is 11.9 Å². The van der Waals surface area contributed by atoms with Gasteiger partial charge in [-0.2, -0.15) is 0 Å². The molecule has 0 amide bonds. The van der Waals surface area contributed by atoms with Crippen LogP contribution in [0.3, 0.4) is 0 Å². The standard InChI is InChI=1S/C15H17NO5S/c1-4-20-14(18)10-6-7-11(17)16-12(15(19)21-5-2)9(3)8-22-13(10)16/h6-7H,4-5,8H2,1-3H3. The maximum atomic E-state index is 12.2. The smallest absolute Gasteiger partial charge is 0.355 e. The highest BCUT2D eigenvalue weighted by Gasteiger charge is 2.28. The summed E-state index contributed by atoms with van der Waals surface area (Å²) >= 11 is 1.33. The predicted octanol–water partition coefficient (Wildman–Crippen LogP) is 1.92. The van der Waals surface area contributed by atoms with E-state index < -0.39 is 11.9 Å². The van der Waals surface area contributed by atoms with Gasteiger partial charge < -0.3 is 9.47 Å². The van der Waals surface area contributed by atoms with Gasteiger partial charge in [0.25, 0.3) is 5.56 Å². The molecule has 1 aliphatic rings. The first-order valence-corrected chi connectivity index (χ1v) is 7.93. The lowest BCUT2D eigenvalue weighted by Crippen LogP contribution is -2.30. The molecule has 0 bridgehead atoms. The Bertz CT molecular complexity index is 704. The van der Waals surface area contributed by atoms with Crippen LogP contribution in [0.4, 0.5) is 0 Å². The fraction of sp³-hybridized carbons (Fsp3) is 0.400. The van der Waals surface area contributed by atoms with E-state index in [1.165, 1.54) is 28.5 Å². The minimum Gasteiger partial charge on any atom is -0.462 e. The van der Waals surface area contributed by atoms with Gasteiger partial charge in [0, 0.05) is 11.8 Å². The molecule has 0 spiro atoms. The van der Waals surface area contributed by atoms with Crippen LogP contribution < -0.4 is 5.56 Å². The zero-order valence-electron chi connectivity index (χ0n) is 12.7. The monoisotopic (exact) mass is 323 g/mol. The summed E-state index contributed by atoms with van der Waals surface area (Å²) in [6, 6.07) is 2.69. The number of ether oxygens (including phenoxy) is 2. The van der Waals surface area contributed by atoms with Crippen LogP contribution in [-0.4, -0.2) is 35.5 Å². The first-order chi connectivity index (χ1) is 10.5. The zero-order chi connectivity index (χ0) is 16.3. The fourth-order valence-corrected chi connectivity index (χ4v) is 3.25. The fourth-order valence-electron chi connectivity index (χ4n) is 2.14. The van der Waals surface area contributed by atoms with Crippen LogP contribution in [0, 0.1) is 0 Å². The summed E-state index contributed by atoms with van der Waals surface area (Å²) in [5.41, 5.74) is 0.823. The average molecular weight is 323 g/mol. The van der Waals surface area contributed by atoms with Crippen molar-refractivity contribution in [3.05, 3.63) is 33.6 Å². The van der Waals surface area contributed by atoms with E-state index in [4.69, 9.17) is 9.47 Å². The zero-order valence-corrected chi connectivity index (χ0v) is 13.5. The molecule has 1 aromatic rings. The van der Waals surface area contributed by atoms with Gasteiger partial charge in [-0.25, -0.2) is 9.59 Å². The number of fused-ring (bicyclic) bond motifs is 1. The summed E-state index contributed by atoms with van der Waals surface area (Å²) in [6.07, 6.45) is 0. The van der Waals surface area contributed by atoms with Crippen LogP contribution in [0.15, 0.2) is 27.5 Å². The number of carbonyl (C=O) groups is 2. The third-order valence-electron chi connectivity index (χ3n) is 3.06. The molecule has 0 aliphatic carbocycles. The Balaban J connectivity index is 2.62. The van der Waals surface area contributed by atoms with Gasteiger partial charge in [0.1, 0.15) is 5.70 Å². The molecular weight excluding hydrogens is 306 g/mol. The summed E-state index contributed by atoms with van der Waals surface area (Å²) in [5, 5.41) is 0.416. The lowest BCUT2D eigenvalue weighted by atomic mass is 10.2. The third kappa shape index (κ3) is 2.94. The second-order valence-corrected chi connectivity index (χ2v) is 5.55. The van der Waals surface area contributed by atoms with Gasteiger partial charge in [-0.05, 0) is 32.4 Å². The molecule has 0 fully saturated rings. The lowest BCUT2D eigenvalue weighted by molar-refractivity contribution is -0.136. The summed E-state index contributed by atoms with van der Waals surface area (Å²) in [6.45, 7) is 5.63. The number of hydrogen-bond acceptors (Lipinski definition) is 6. The first-order valence-electron chi connectivity index (χ1n) is 6.94. The molecule has 118 valence electrons. The van der Waals surface area contributed by atoms with E-state index in [-0.39, 0.29) is 30.0 Å². The summed E-state index contributed by atoms with van der Waals surface area (Å²) in [4.78, 5) is 36.4. The number of pyridine rings is 1. The van der Waals surface area contributed by atoms with Crippen LogP contribution in [0.2, 0.25) is 0 Å². The molecule has 0 atom stereocenters. The van der Waals surface area contributed by atoms with E-state index in [2.05, 4.69) is 0 Å². The highest BCUT2D eigenvalue weighted by atomic mass is 32.2. The van der Waals surface area contributed by atoms with Crippen molar-refractivity contribution in [1.29, 1.82) is 0 Å². The van der Waals surface area contributed by atoms with Crippen molar-refractivity contribution in [2.75, 3.05) is 19.0 Å². The number of carbonyl (C=O) groups excluding carboxylic acids is 2. The Morgan fingerprint density at radius 2 is 1.82 bits per heavy atom. The van der Waals surface area contributed by atoms with Crippen LogP contribution in [0.25, 0.3) is 5.70 Å². The second kappa shape index (κ2) is 6.83. The van der Waals surface area contributed by atoms with Crippen molar-refractivity contribution in [1.82, 2.24) is 4.57 Å². The molecule has 0 radical (unpaired) electrons. The van der Waals surface area contributed by atoms with Gasteiger partial charge in [0.15, 0.2) is 0 Å². The van der Waals surface area contributed by atoms with E-state index in [1.54, 1.807) is 20.8 Å². The number of nitrogens with zero attached hydrogens (tertiary/aromatic N) is 1. The van der Waals surface area contributed by atoms with Crippen LogP contribution >= 0.6 is 11.8 Å². The molecule has 2 rings (SSSR count). The third-order valence-corrected chi connectivity index (χ3v) is 4.32. The Morgan fingerprint density at radius 1 is 1.18 bits per heavy atom. The summed E-state index contributed by atoms with van der Waals surface area (Å²) in [7, 11) is 0. The Hall–Kier alpha value is -2.02. The van der Waals surface area contributed by atoms with Crippen LogP contribution in [0.1, 0.15) is 31.1 Å². The maximum Gasteiger partial charge on any atom is 0.355 e. The Labute approximate surface area is 132 Å². The second-order valence-electron chi connectivity index (χ2n) is 4.58. The maximum absolute atomic E-state index is 12.2. The topological polar surface area (TPSA) is 74.6 Å². The molecule has 7 heteroatoms. The number of thioether (sulfide) groups is 1. The summed E-state index contributed by atoms with van der Waals surface area (Å²) in [5.74, 6) is -0.574. The van der Waals surface area contributed by atoms with Gasteiger partial charge in [0.2, 0.25) is 0 Å². The molecule has 0 unspecified atom stereocenters. The SMILES string of the molecule is CCOC(=O)C1=C(C)CSc2c(C(=O)OCC)ccc(=O)n21. The molecule has 2 heterocycles. The van der Waals surface area contributed by atoms with Crippen LogP contribution in [-0.2, 0) is 14.3 Å². The van der Waals surface area contributed by atoms with Crippen LogP contribution in [0.5, 0.6) is 0 Å². The molecule has 0 N–H and O–H groups in total. The quantitative estimate of drug-likeness (QED) is 0.788. The largest absolute Gasteiger partial charge is 0.462 e. The van der Waals surface area contributed by atoms with Gasteiger partial charge in [-0.15, -0.1) is 11.8 Å². The molecule has 6 nitrogen and oxygen atoms in total. The van der Waals surface area contributed by atoms with E-state index in [0.29, 0.717) is 10.8 Å². The number of esters is 2. The molecule has 0 saturated carbocycles. The molecule has 0 aromatic carbocycles. The van der Waals surface area contributed by atoms with Gasteiger partial charge in [0.05, 0.1) is 23.8 Å². The first kappa shape index (κ1) is 16.4. The molecule has 1 aliphatic heterocycles. The minimum atomic E-state index is -0.565. The predicted molar refractivity (Wildman–Crippen MR) is 82.9 cm³/mol. The Morgan fingerprint density at radius 3 is 2.45 bits per heavy atom. The molecule has 22 heavy (non-hydrogen) atoms. The number of rotatable bonds is 4. The van der Waals surface area contributed by atoms with Crippen molar-refractivity contribution >= 4 is 29.4 Å². The highest BCUT2D eigenvalue weighted by molar-refractivity contribution is 7.99. The molecule has 1 aromatic heterocycles. The number of hydrogen-bond donors (Lipinski definition) is 0. The van der Waals surface area contributed by atoms with E-state index >= 15 is 0 Å². The van der Waals surface area contributed by atoms with E-state index in [9.17, 15) is 14.4 Å². The van der Waals surface area contributed by atoms with Crippen molar-refractivity contribution < 1.29 is 19.1 Å². The van der Waals surface area contributed by atoms with Crippen molar-refractivity contribution in [3.63, 3.8) is 0 Å². The normalized spacial score (nSPS) is 13.6. The molecular formula is C15H17NO5S. The minimum absolute atomic E-state index is 0.187. The highest BCUT2D eigenvalue weighted by Crippen LogP contribution is 2.33. The van der Waals surface area contributed by atoms with Gasteiger partial charge in [-0.3, -0.25) is 9.36 Å². The number of aromatic nitrogens is 1. The average Bonchev–Trinajstić information content (AvgIpc) is 2.48. The Kier molecular flexibility index (Phi) is 5.07. The van der Waals surface area contributed by atoms with Crippen molar-refractivity contribution in [2.24, 2.45) is 0 Å². The lowest BCUT2D eigenvalue weighted by Gasteiger charge is -2.23. The van der Waals surface area contributed by atoms with E-state index in [1.807, 2.05) is 0 Å². The molecule has 0 saturated heterocycles. The van der Waals surface area contributed by atoms with Crippen molar-refractivity contribution in [3.8, 4) is 0 Å². The van der Waals surface area contributed by atoms with Crippen molar-refractivity contribution in [2.45, 2.75) is 25.8 Å². The van der Waals surface area contributed by atoms with Gasteiger partial charge in [-0.1, -0.05) is 0 Å². The summed E-state index contributed by atoms with van der Waals surface area (Å²) < 4.78 is 11.3.